The highest BCUT2D eigenvalue weighted by Gasteiger charge is 2.38. The Morgan fingerprint density at radius 3 is 2.37 bits per heavy atom. The molecule has 0 aromatic carbocycles. The number of carboxylic acid groups (broad SMARTS) is 1. The Hall–Kier alpha value is -4.53. The zero-order chi connectivity index (χ0) is 29.6. The minimum atomic E-state index is -1.04. The van der Waals surface area contributed by atoms with E-state index in [0.717, 1.165) is 57.8 Å². The van der Waals surface area contributed by atoms with Crippen LogP contribution in [0.5, 0.6) is 0 Å². The Bertz CT molecular complexity index is 1620. The number of aliphatic hydroxyl groups excluding tert-OH is 1. The number of nitrogens with one attached hydrogen (secondary N) is 1. The molecular formula is C32H34N4O5. The van der Waals surface area contributed by atoms with Crippen molar-refractivity contribution in [3.8, 4) is 0 Å². The first-order chi connectivity index (χ1) is 19.6. The van der Waals surface area contributed by atoms with Crippen molar-refractivity contribution >= 4 is 29.6 Å². The summed E-state index contributed by atoms with van der Waals surface area (Å²) < 4.78 is 5.05. The number of carbonyl (C=O) groups is 2. The number of aliphatic carboxylic acids is 1. The zero-order valence-electron chi connectivity index (χ0n) is 24.1. The Morgan fingerprint density at radius 1 is 1.00 bits per heavy atom. The summed E-state index contributed by atoms with van der Waals surface area (Å²) in [7, 11) is 0. The van der Waals surface area contributed by atoms with Gasteiger partial charge in [0.05, 0.1) is 52.7 Å². The van der Waals surface area contributed by atoms with Crippen LogP contribution in [0.2, 0.25) is 0 Å². The topological polar surface area (TPSA) is 133 Å². The molecule has 9 heteroatoms. The van der Waals surface area contributed by atoms with Crippen LogP contribution in [0.3, 0.4) is 0 Å². The van der Waals surface area contributed by atoms with Gasteiger partial charge in [-0.2, -0.15) is 0 Å². The van der Waals surface area contributed by atoms with Gasteiger partial charge in [-0.1, -0.05) is 13.8 Å². The van der Waals surface area contributed by atoms with Crippen molar-refractivity contribution in [2.45, 2.75) is 54.4 Å². The van der Waals surface area contributed by atoms with Crippen LogP contribution < -0.4 is 5.32 Å². The van der Waals surface area contributed by atoms with Crippen molar-refractivity contribution in [3.63, 3.8) is 0 Å². The first kappa shape index (κ1) is 28.0. The van der Waals surface area contributed by atoms with Gasteiger partial charge in [-0.25, -0.2) is 19.8 Å². The quantitative estimate of drug-likeness (QED) is 0.224. The third-order valence-corrected chi connectivity index (χ3v) is 8.57. The summed E-state index contributed by atoms with van der Waals surface area (Å²) in [5, 5.41) is 23.9. The molecular weight excluding hydrogens is 520 g/mol. The lowest BCUT2D eigenvalue weighted by atomic mass is 9.87. The molecule has 0 amide bonds. The predicted molar refractivity (Wildman–Crippen MR) is 158 cm³/mol. The summed E-state index contributed by atoms with van der Waals surface area (Å²) in [5.41, 5.74) is 10.4. The highest BCUT2D eigenvalue weighted by atomic mass is 16.5. The number of allylic oxidation sites excluding steroid dienone is 11. The number of rotatable bonds is 6. The third-order valence-electron chi connectivity index (χ3n) is 8.57. The zero-order valence-corrected chi connectivity index (χ0v) is 24.1. The lowest BCUT2D eigenvalue weighted by Gasteiger charge is -2.17. The van der Waals surface area contributed by atoms with Gasteiger partial charge in [0.25, 0.3) is 6.47 Å². The van der Waals surface area contributed by atoms with Gasteiger partial charge in [-0.3, -0.25) is 4.79 Å². The van der Waals surface area contributed by atoms with E-state index in [0.29, 0.717) is 46.9 Å². The van der Waals surface area contributed by atoms with E-state index < -0.39 is 5.97 Å². The van der Waals surface area contributed by atoms with Crippen molar-refractivity contribution in [1.82, 2.24) is 5.32 Å². The first-order valence-electron chi connectivity index (χ1n) is 13.8. The van der Waals surface area contributed by atoms with Crippen LogP contribution in [-0.2, 0) is 14.3 Å². The smallest absolute Gasteiger partial charge is 0.338 e. The number of hydrogen-bond acceptors (Lipinski definition) is 8. The molecule has 5 rings (SSSR count). The number of aliphatic hydroxyl groups is 1. The van der Waals surface area contributed by atoms with Gasteiger partial charge in [0.15, 0.2) is 0 Å². The van der Waals surface area contributed by atoms with Gasteiger partial charge in [0.1, 0.15) is 0 Å². The molecule has 1 saturated heterocycles. The lowest BCUT2D eigenvalue weighted by molar-refractivity contribution is -0.132. The van der Waals surface area contributed by atoms with Crippen molar-refractivity contribution < 1.29 is 24.5 Å². The third kappa shape index (κ3) is 4.65. The molecule has 0 spiro atoms. The molecule has 0 aromatic heterocycles. The van der Waals surface area contributed by atoms with Gasteiger partial charge in [-0.05, 0) is 86.6 Å². The second-order valence-electron chi connectivity index (χ2n) is 10.7. The Labute approximate surface area is 239 Å². The Kier molecular flexibility index (Phi) is 7.38. The van der Waals surface area contributed by atoms with Gasteiger partial charge >= 0.3 is 5.97 Å². The molecule has 0 aliphatic carbocycles. The SMILES string of the molecule is CCC1=C(C)C2=CC3=NC(=C(C)/C3=C\O)C=C3NC(=C(C)C4=NC(=CC1=N2)C(C)=C4C(=O)O)[C@@H](CCOC=O)[C@@H]3C. The highest BCUT2D eigenvalue weighted by Crippen LogP contribution is 2.41. The average molecular weight is 555 g/mol. The van der Waals surface area contributed by atoms with Crippen LogP contribution in [0.25, 0.3) is 0 Å². The van der Waals surface area contributed by atoms with Crippen LogP contribution in [0, 0.1) is 11.8 Å². The van der Waals surface area contributed by atoms with Crippen molar-refractivity contribution in [3.05, 3.63) is 92.0 Å². The van der Waals surface area contributed by atoms with Crippen LogP contribution in [-0.4, -0.2) is 46.4 Å². The Balaban J connectivity index is 1.80. The van der Waals surface area contributed by atoms with E-state index >= 15 is 0 Å². The molecule has 212 valence electrons. The molecule has 5 aliphatic rings. The predicted octanol–water partition coefficient (Wildman–Crippen LogP) is 5.55. The molecule has 0 radical (unpaired) electrons. The maximum absolute atomic E-state index is 12.5. The van der Waals surface area contributed by atoms with E-state index in [1.807, 2.05) is 39.0 Å². The van der Waals surface area contributed by atoms with E-state index in [4.69, 9.17) is 19.7 Å². The standard InChI is InChI=1S/C32H34N4O5/c1-7-20-15(2)24-11-28-22(13-37)17(4)23(34-28)10-25-16(3)21(8-9-41-14-38)30(35-25)19(6)31-29(32(39)40)18(5)26(36-31)12-27(20)33-24/h10-14,16,21,35,37H,7-9H2,1-6H3,(H,39,40)/b22-13+,24-11?,25-10?,26-12?,30-19?/t16-,21-/m0/s1. The number of fused-ring (bicyclic) bond motifs is 5. The molecule has 1 fully saturated rings. The molecule has 41 heavy (non-hydrogen) atoms. The largest absolute Gasteiger partial charge is 0.515 e. The van der Waals surface area contributed by atoms with Crippen molar-refractivity contribution in [2.24, 2.45) is 26.8 Å². The maximum Gasteiger partial charge on any atom is 0.338 e. The van der Waals surface area contributed by atoms with Crippen LogP contribution in [0.15, 0.2) is 107 Å². The fourth-order valence-electron chi connectivity index (χ4n) is 6.13. The van der Waals surface area contributed by atoms with E-state index in [9.17, 15) is 19.8 Å². The number of carbonyl (C=O) groups excluding carboxylic acids is 1. The van der Waals surface area contributed by atoms with Gasteiger partial charge < -0.3 is 20.3 Å². The second kappa shape index (κ2) is 10.8. The number of ether oxygens (including phenoxy) is 1. The average Bonchev–Trinajstić information content (AvgIpc) is 3.62. The fraction of sp³-hybridized carbons (Fsp3) is 0.344. The number of aliphatic imine (C=N–C) groups is 3. The molecule has 5 aliphatic heterocycles. The van der Waals surface area contributed by atoms with Crippen LogP contribution in [0.4, 0.5) is 0 Å². The summed E-state index contributed by atoms with van der Waals surface area (Å²) in [5.74, 6) is -1.14. The molecule has 0 saturated carbocycles. The van der Waals surface area contributed by atoms with Gasteiger partial charge in [-0.15, -0.1) is 0 Å². The van der Waals surface area contributed by atoms with E-state index in [-0.39, 0.29) is 24.0 Å². The van der Waals surface area contributed by atoms with Gasteiger partial charge in [0.2, 0.25) is 0 Å². The minimum Gasteiger partial charge on any atom is -0.515 e. The van der Waals surface area contributed by atoms with Gasteiger partial charge in [0, 0.05) is 28.8 Å². The molecule has 8 bridgehead atoms. The molecule has 0 aromatic rings. The Morgan fingerprint density at radius 2 is 1.71 bits per heavy atom. The lowest BCUT2D eigenvalue weighted by Crippen LogP contribution is -2.19. The molecule has 0 unspecified atom stereocenters. The first-order valence-corrected chi connectivity index (χ1v) is 13.8. The summed E-state index contributed by atoms with van der Waals surface area (Å²) in [4.78, 5) is 38.1. The molecule has 3 N–H and O–H groups in total. The summed E-state index contributed by atoms with van der Waals surface area (Å²) >= 11 is 0. The normalized spacial score (nSPS) is 24.8. The van der Waals surface area contributed by atoms with E-state index in [1.54, 1.807) is 6.92 Å². The monoisotopic (exact) mass is 554 g/mol. The number of nitrogens with zero attached hydrogens (tertiary/aromatic N) is 3. The summed E-state index contributed by atoms with van der Waals surface area (Å²) in [6.07, 6.45) is 8.07. The van der Waals surface area contributed by atoms with Crippen molar-refractivity contribution in [2.75, 3.05) is 6.61 Å². The van der Waals surface area contributed by atoms with Crippen LogP contribution >= 0.6 is 0 Å². The minimum absolute atomic E-state index is 0.0143. The van der Waals surface area contributed by atoms with E-state index in [1.165, 1.54) is 0 Å². The number of carboxylic acids is 1. The molecule has 9 nitrogen and oxygen atoms in total. The molecule has 2 atom stereocenters. The van der Waals surface area contributed by atoms with Crippen molar-refractivity contribution in [1.29, 1.82) is 0 Å². The summed E-state index contributed by atoms with van der Waals surface area (Å²) in [6.45, 7) is 12.4. The van der Waals surface area contributed by atoms with Crippen LogP contribution in [0.1, 0.15) is 54.4 Å². The number of hydrogen-bond donors (Lipinski definition) is 3. The fourth-order valence-corrected chi connectivity index (χ4v) is 6.13. The second-order valence-corrected chi connectivity index (χ2v) is 10.7. The molecule has 5 heterocycles. The maximum atomic E-state index is 12.5. The summed E-state index contributed by atoms with van der Waals surface area (Å²) in [6, 6.07) is 0. The highest BCUT2D eigenvalue weighted by molar-refractivity contribution is 6.29. The van der Waals surface area contributed by atoms with E-state index in [2.05, 4.69) is 19.2 Å².